The molecule has 2 N–H and O–H groups in total. The monoisotopic (exact) mass is 408 g/mol. The zero-order chi connectivity index (χ0) is 21.3. The van der Waals surface area contributed by atoms with Crippen molar-refractivity contribution < 1.29 is 14.3 Å². The number of aromatic amines is 1. The Bertz CT molecular complexity index is 1010. The van der Waals surface area contributed by atoms with Crippen LogP contribution in [0.4, 0.5) is 5.69 Å². The molecule has 0 fully saturated rings. The van der Waals surface area contributed by atoms with Gasteiger partial charge in [-0.15, -0.1) is 0 Å². The third kappa shape index (κ3) is 5.61. The molecule has 0 radical (unpaired) electrons. The third-order valence-electron chi connectivity index (χ3n) is 4.66. The highest BCUT2D eigenvalue weighted by Crippen LogP contribution is 2.30. The number of likely N-dealkylation sites (N-methyl/N-ethyl adjacent to an activating group) is 1. The number of anilines is 1. The van der Waals surface area contributed by atoms with Gasteiger partial charge in [-0.3, -0.25) is 9.89 Å². The second-order valence-electron chi connectivity index (χ2n) is 6.99. The zero-order valence-electron chi connectivity index (χ0n) is 17.6. The molecule has 0 aliphatic rings. The minimum Gasteiger partial charge on any atom is -0.493 e. The molecule has 0 aliphatic carbocycles. The van der Waals surface area contributed by atoms with Crippen molar-refractivity contribution in [2.45, 2.75) is 13.3 Å². The largest absolute Gasteiger partial charge is 0.493 e. The highest BCUT2D eigenvalue weighted by molar-refractivity contribution is 6.03. The summed E-state index contributed by atoms with van der Waals surface area (Å²) in [5.41, 5.74) is 2.28. The van der Waals surface area contributed by atoms with Crippen molar-refractivity contribution >= 4 is 28.6 Å². The van der Waals surface area contributed by atoms with Crippen molar-refractivity contribution in [2.75, 3.05) is 39.2 Å². The summed E-state index contributed by atoms with van der Waals surface area (Å²) in [5, 5.41) is 11.0. The van der Waals surface area contributed by atoms with E-state index in [0.29, 0.717) is 23.8 Å². The summed E-state index contributed by atoms with van der Waals surface area (Å²) in [7, 11) is 3.65. The number of benzene rings is 2. The predicted molar refractivity (Wildman–Crippen MR) is 120 cm³/mol. The van der Waals surface area contributed by atoms with Crippen LogP contribution in [0.1, 0.15) is 19.0 Å². The van der Waals surface area contributed by atoms with Crippen LogP contribution in [-0.4, -0.2) is 54.9 Å². The molecule has 0 spiro atoms. The second-order valence-corrected chi connectivity index (χ2v) is 6.99. The number of hydrogen-bond acceptors (Lipinski definition) is 5. The normalized spacial score (nSPS) is 11.3. The molecule has 0 unspecified atom stereocenters. The van der Waals surface area contributed by atoms with E-state index in [4.69, 9.17) is 9.47 Å². The van der Waals surface area contributed by atoms with E-state index in [0.717, 1.165) is 36.1 Å². The number of H-pyrrole nitrogens is 1. The molecule has 158 valence electrons. The second kappa shape index (κ2) is 10.5. The first-order valence-electron chi connectivity index (χ1n) is 10.0. The fraction of sp³-hybridized carbons (Fsp3) is 0.304. The quantitative estimate of drug-likeness (QED) is 0.497. The first-order chi connectivity index (χ1) is 14.6. The van der Waals surface area contributed by atoms with Crippen LogP contribution in [0.2, 0.25) is 0 Å². The number of amides is 1. The van der Waals surface area contributed by atoms with Crippen LogP contribution in [0, 0.1) is 0 Å². The molecule has 1 heterocycles. The minimum absolute atomic E-state index is 0.251. The Hall–Kier alpha value is -3.32. The molecule has 0 aliphatic heterocycles. The lowest BCUT2D eigenvalue weighted by molar-refractivity contribution is -0.111. The summed E-state index contributed by atoms with van der Waals surface area (Å²) in [6.45, 7) is 4.59. The van der Waals surface area contributed by atoms with Gasteiger partial charge in [0.05, 0.1) is 18.3 Å². The van der Waals surface area contributed by atoms with Crippen LogP contribution in [0.25, 0.3) is 17.0 Å². The van der Waals surface area contributed by atoms with Crippen LogP contribution in [0.15, 0.2) is 48.5 Å². The fourth-order valence-electron chi connectivity index (χ4n) is 3.12. The Morgan fingerprint density at radius 2 is 2.03 bits per heavy atom. The summed E-state index contributed by atoms with van der Waals surface area (Å²) in [4.78, 5) is 14.5. The van der Waals surface area contributed by atoms with Gasteiger partial charge in [0.1, 0.15) is 6.61 Å². The van der Waals surface area contributed by atoms with Crippen molar-refractivity contribution in [1.82, 2.24) is 15.1 Å². The number of nitrogens with one attached hydrogen (secondary N) is 2. The molecule has 30 heavy (non-hydrogen) atoms. The number of nitrogens with zero attached hydrogens (tertiary/aromatic N) is 2. The summed E-state index contributed by atoms with van der Waals surface area (Å²) in [6.07, 6.45) is 4.26. The van der Waals surface area contributed by atoms with Gasteiger partial charge in [-0.2, -0.15) is 5.10 Å². The van der Waals surface area contributed by atoms with Crippen molar-refractivity contribution in [2.24, 2.45) is 0 Å². The summed E-state index contributed by atoms with van der Waals surface area (Å²) >= 11 is 0. The van der Waals surface area contributed by atoms with Gasteiger partial charge in [0.15, 0.2) is 11.5 Å². The van der Waals surface area contributed by atoms with Gasteiger partial charge in [-0.25, -0.2) is 0 Å². The van der Waals surface area contributed by atoms with E-state index in [1.807, 2.05) is 24.3 Å². The molecule has 7 nitrogen and oxygen atoms in total. The lowest BCUT2D eigenvalue weighted by atomic mass is 10.2. The molecule has 7 heteroatoms. The molecule has 0 saturated carbocycles. The van der Waals surface area contributed by atoms with E-state index in [2.05, 4.69) is 34.4 Å². The SMILES string of the molecule is CCCN(C)CCOc1ccc(NC(=O)C=Cc2n[nH]c3ccccc23)cc1OC. The van der Waals surface area contributed by atoms with Gasteiger partial charge in [0.2, 0.25) is 5.91 Å². The Morgan fingerprint density at radius 3 is 2.83 bits per heavy atom. The maximum atomic E-state index is 12.3. The van der Waals surface area contributed by atoms with Gasteiger partial charge < -0.3 is 19.7 Å². The van der Waals surface area contributed by atoms with E-state index >= 15 is 0 Å². The zero-order valence-corrected chi connectivity index (χ0v) is 17.6. The van der Waals surface area contributed by atoms with Gasteiger partial charge in [0.25, 0.3) is 0 Å². The number of para-hydroxylation sites is 1. The highest BCUT2D eigenvalue weighted by atomic mass is 16.5. The Labute approximate surface area is 176 Å². The van der Waals surface area contributed by atoms with E-state index in [1.54, 1.807) is 31.4 Å². The third-order valence-corrected chi connectivity index (χ3v) is 4.66. The van der Waals surface area contributed by atoms with E-state index in [1.165, 1.54) is 6.08 Å². The molecule has 3 rings (SSSR count). The average Bonchev–Trinajstić information content (AvgIpc) is 3.16. The predicted octanol–water partition coefficient (Wildman–Crippen LogP) is 3.94. The molecular formula is C23H28N4O3. The topological polar surface area (TPSA) is 79.5 Å². The number of carbonyl (C=O) groups is 1. The fourth-order valence-corrected chi connectivity index (χ4v) is 3.12. The van der Waals surface area contributed by atoms with Crippen molar-refractivity contribution in [3.63, 3.8) is 0 Å². The Kier molecular flexibility index (Phi) is 7.45. The summed E-state index contributed by atoms with van der Waals surface area (Å²) in [6, 6.07) is 13.1. The van der Waals surface area contributed by atoms with Crippen LogP contribution in [0.3, 0.4) is 0 Å². The molecule has 3 aromatic rings. The van der Waals surface area contributed by atoms with Crippen LogP contribution < -0.4 is 14.8 Å². The maximum absolute atomic E-state index is 12.3. The smallest absolute Gasteiger partial charge is 0.248 e. The van der Waals surface area contributed by atoms with Gasteiger partial charge in [-0.05, 0) is 44.3 Å². The number of hydrogen-bond donors (Lipinski definition) is 2. The first kappa shape index (κ1) is 21.4. The van der Waals surface area contributed by atoms with Crippen molar-refractivity contribution in [3.05, 3.63) is 54.2 Å². The van der Waals surface area contributed by atoms with Crippen LogP contribution >= 0.6 is 0 Å². The lowest BCUT2D eigenvalue weighted by Crippen LogP contribution is -2.25. The van der Waals surface area contributed by atoms with Gasteiger partial charge >= 0.3 is 0 Å². The molecule has 0 atom stereocenters. The average molecular weight is 409 g/mol. The molecule has 1 aromatic heterocycles. The number of aromatic nitrogens is 2. The number of methoxy groups -OCH3 is 1. The number of carbonyl (C=O) groups excluding carboxylic acids is 1. The van der Waals surface area contributed by atoms with Crippen LogP contribution in [0.5, 0.6) is 11.5 Å². The van der Waals surface area contributed by atoms with Crippen molar-refractivity contribution in [3.8, 4) is 11.5 Å². The molecule has 0 bridgehead atoms. The summed E-state index contributed by atoms with van der Waals surface area (Å²) < 4.78 is 11.3. The molecule has 1 amide bonds. The Morgan fingerprint density at radius 1 is 1.20 bits per heavy atom. The molecular weight excluding hydrogens is 380 g/mol. The molecule has 0 saturated heterocycles. The maximum Gasteiger partial charge on any atom is 0.248 e. The van der Waals surface area contributed by atoms with Gasteiger partial charge in [0, 0.05) is 29.8 Å². The number of fused-ring (bicyclic) bond motifs is 1. The minimum atomic E-state index is -0.251. The first-order valence-corrected chi connectivity index (χ1v) is 10.0. The van der Waals surface area contributed by atoms with E-state index < -0.39 is 0 Å². The van der Waals surface area contributed by atoms with Crippen LogP contribution in [-0.2, 0) is 4.79 Å². The van der Waals surface area contributed by atoms with Crippen molar-refractivity contribution in [1.29, 1.82) is 0 Å². The Balaban J connectivity index is 1.59. The number of rotatable bonds is 10. The van der Waals surface area contributed by atoms with Gasteiger partial charge in [-0.1, -0.05) is 25.1 Å². The summed E-state index contributed by atoms with van der Waals surface area (Å²) in [5.74, 6) is 0.978. The van der Waals surface area contributed by atoms with E-state index in [9.17, 15) is 4.79 Å². The highest BCUT2D eigenvalue weighted by Gasteiger charge is 2.08. The number of ether oxygens (including phenoxy) is 2. The standard InChI is InChI=1S/C23H28N4O3/c1-4-13-27(2)14-15-30-21-11-9-17(16-22(21)29-3)24-23(28)12-10-20-18-7-5-6-8-19(18)25-26-20/h5-12,16H,4,13-15H2,1-3H3,(H,24,28)(H,25,26). The lowest BCUT2D eigenvalue weighted by Gasteiger charge is -2.17. The molecule has 2 aromatic carbocycles. The van der Waals surface area contributed by atoms with E-state index in [-0.39, 0.29) is 5.91 Å².